The van der Waals surface area contributed by atoms with Crippen LogP contribution in [0.25, 0.3) is 0 Å². The molecule has 3 aromatic rings. The van der Waals surface area contributed by atoms with Gasteiger partial charge in [0.25, 0.3) is 0 Å². The molecule has 0 saturated carbocycles. The first kappa shape index (κ1) is 17.5. The van der Waals surface area contributed by atoms with Crippen LogP contribution in [0.3, 0.4) is 0 Å². The van der Waals surface area contributed by atoms with Gasteiger partial charge in [0, 0.05) is 9.50 Å². The van der Waals surface area contributed by atoms with Crippen molar-refractivity contribution in [3.63, 3.8) is 0 Å². The predicted molar refractivity (Wildman–Crippen MR) is 108 cm³/mol. The smallest absolute Gasteiger partial charge is 0.119 e. The molecule has 0 bridgehead atoms. The van der Waals surface area contributed by atoms with Crippen LogP contribution in [0.4, 0.5) is 5.69 Å². The summed E-state index contributed by atoms with van der Waals surface area (Å²) in [4.78, 5) is 0. The summed E-state index contributed by atoms with van der Waals surface area (Å²) >= 11 is 9.36. The highest BCUT2D eigenvalue weighted by Crippen LogP contribution is 2.16. The summed E-state index contributed by atoms with van der Waals surface area (Å²) in [5, 5.41) is 4.88. The first-order chi connectivity index (χ1) is 12.2. The van der Waals surface area contributed by atoms with Crippen LogP contribution in [0.15, 0.2) is 82.4 Å². The minimum absolute atomic E-state index is 0.539. The Kier molecular flexibility index (Phi) is 6.09. The highest BCUT2D eigenvalue weighted by atomic mass is 79.9. The Balaban J connectivity index is 1.53. The van der Waals surface area contributed by atoms with Gasteiger partial charge in [0.05, 0.1) is 11.9 Å². The molecule has 0 saturated heterocycles. The Bertz CT molecular complexity index is 848. The Hall–Kier alpha value is -2.30. The van der Waals surface area contributed by atoms with Crippen LogP contribution in [0, 0.1) is 0 Å². The molecule has 0 atom stereocenters. The predicted octanol–water partition coefficient (Wildman–Crippen LogP) is 6.13. The second-order valence-corrected chi connectivity index (χ2v) is 6.72. The second kappa shape index (κ2) is 8.70. The van der Waals surface area contributed by atoms with Crippen LogP contribution in [0.2, 0.25) is 5.02 Å². The summed E-state index contributed by atoms with van der Waals surface area (Å²) in [6.45, 7) is 0.539. The Morgan fingerprint density at radius 2 is 1.76 bits per heavy atom. The topological polar surface area (TPSA) is 33.6 Å². The van der Waals surface area contributed by atoms with Crippen LogP contribution < -0.4 is 10.2 Å². The number of nitrogens with one attached hydrogen (secondary N) is 1. The first-order valence-corrected chi connectivity index (χ1v) is 8.88. The lowest BCUT2D eigenvalue weighted by Gasteiger charge is -2.06. The zero-order valence-corrected chi connectivity index (χ0v) is 15.7. The number of hydrazone groups is 1. The van der Waals surface area contributed by atoms with Gasteiger partial charge in [-0.2, -0.15) is 5.10 Å². The van der Waals surface area contributed by atoms with E-state index in [0.29, 0.717) is 11.6 Å². The van der Waals surface area contributed by atoms with Gasteiger partial charge in [-0.25, -0.2) is 0 Å². The maximum Gasteiger partial charge on any atom is 0.119 e. The molecule has 0 radical (unpaired) electrons. The van der Waals surface area contributed by atoms with Gasteiger partial charge < -0.3 is 4.74 Å². The molecule has 3 rings (SSSR count). The summed E-state index contributed by atoms with van der Waals surface area (Å²) in [5.41, 5.74) is 5.90. The second-order valence-electron chi connectivity index (χ2n) is 5.36. The highest BCUT2D eigenvalue weighted by molar-refractivity contribution is 9.10. The summed E-state index contributed by atoms with van der Waals surface area (Å²) in [7, 11) is 0. The van der Waals surface area contributed by atoms with E-state index >= 15 is 0 Å². The standard InChI is InChI=1S/C20H16BrClN2O/c21-17-8-4-16(5-9-17)14-25-20-10-6-15(7-11-20)13-23-24-19-3-1-2-18(22)12-19/h1-13,24H,14H2. The minimum atomic E-state index is 0.539. The lowest BCUT2D eigenvalue weighted by atomic mass is 10.2. The number of anilines is 1. The molecule has 0 aliphatic heterocycles. The van der Waals surface area contributed by atoms with Crippen molar-refractivity contribution in [2.75, 3.05) is 5.43 Å². The van der Waals surface area contributed by atoms with Crippen LogP contribution in [-0.4, -0.2) is 6.21 Å². The summed E-state index contributed by atoms with van der Waals surface area (Å²) in [6.07, 6.45) is 1.75. The van der Waals surface area contributed by atoms with Crippen molar-refractivity contribution in [2.45, 2.75) is 6.61 Å². The van der Waals surface area contributed by atoms with Crippen molar-refractivity contribution in [3.8, 4) is 5.75 Å². The van der Waals surface area contributed by atoms with Crippen molar-refractivity contribution < 1.29 is 4.74 Å². The third-order valence-electron chi connectivity index (χ3n) is 3.43. The third kappa shape index (κ3) is 5.62. The lowest BCUT2D eigenvalue weighted by Crippen LogP contribution is -1.95. The fourth-order valence-electron chi connectivity index (χ4n) is 2.14. The first-order valence-electron chi connectivity index (χ1n) is 7.71. The van der Waals surface area contributed by atoms with Crippen LogP contribution in [0.1, 0.15) is 11.1 Å². The molecule has 0 aliphatic rings. The number of hydrogen-bond acceptors (Lipinski definition) is 3. The van der Waals surface area contributed by atoms with Crippen molar-refractivity contribution in [2.24, 2.45) is 5.10 Å². The monoisotopic (exact) mass is 414 g/mol. The SMILES string of the molecule is Clc1cccc(NN=Cc2ccc(OCc3ccc(Br)cc3)cc2)c1. The van der Waals surface area contributed by atoms with E-state index in [-0.39, 0.29) is 0 Å². The largest absolute Gasteiger partial charge is 0.489 e. The molecule has 25 heavy (non-hydrogen) atoms. The van der Waals surface area contributed by atoms with Gasteiger partial charge in [-0.1, -0.05) is 45.7 Å². The molecular weight excluding hydrogens is 400 g/mol. The van der Waals surface area contributed by atoms with E-state index in [1.807, 2.05) is 72.8 Å². The van der Waals surface area contributed by atoms with Gasteiger partial charge in [-0.05, 0) is 65.7 Å². The molecule has 0 fully saturated rings. The van der Waals surface area contributed by atoms with Gasteiger partial charge >= 0.3 is 0 Å². The van der Waals surface area contributed by atoms with Crippen LogP contribution in [-0.2, 0) is 6.61 Å². The maximum atomic E-state index is 5.93. The Labute approximate surface area is 160 Å². The highest BCUT2D eigenvalue weighted by Gasteiger charge is 1.97. The van der Waals surface area contributed by atoms with E-state index in [2.05, 4.69) is 26.5 Å². The van der Waals surface area contributed by atoms with E-state index in [4.69, 9.17) is 16.3 Å². The van der Waals surface area contributed by atoms with E-state index in [0.717, 1.165) is 27.0 Å². The molecule has 0 amide bonds. The number of halogens is 2. The van der Waals surface area contributed by atoms with Crippen molar-refractivity contribution in [1.82, 2.24) is 0 Å². The van der Waals surface area contributed by atoms with E-state index in [9.17, 15) is 0 Å². The van der Waals surface area contributed by atoms with Gasteiger partial charge in [-0.15, -0.1) is 0 Å². The molecular formula is C20H16BrClN2O. The Morgan fingerprint density at radius 1 is 1.00 bits per heavy atom. The average Bonchev–Trinajstić information content (AvgIpc) is 2.62. The fourth-order valence-corrected chi connectivity index (χ4v) is 2.59. The molecule has 0 heterocycles. The molecule has 0 aliphatic carbocycles. The van der Waals surface area contributed by atoms with Crippen molar-refractivity contribution in [1.29, 1.82) is 0 Å². The fraction of sp³-hybridized carbons (Fsp3) is 0.0500. The van der Waals surface area contributed by atoms with E-state index < -0.39 is 0 Å². The molecule has 3 nitrogen and oxygen atoms in total. The van der Waals surface area contributed by atoms with Gasteiger partial charge in [0.15, 0.2) is 0 Å². The number of rotatable bonds is 6. The summed E-state index contributed by atoms with van der Waals surface area (Å²) < 4.78 is 6.85. The summed E-state index contributed by atoms with van der Waals surface area (Å²) in [6, 6.07) is 23.3. The van der Waals surface area contributed by atoms with Gasteiger partial charge in [0.1, 0.15) is 12.4 Å². The van der Waals surface area contributed by atoms with E-state index in [1.165, 1.54) is 0 Å². The van der Waals surface area contributed by atoms with Crippen LogP contribution >= 0.6 is 27.5 Å². The number of benzene rings is 3. The number of nitrogens with zero attached hydrogens (tertiary/aromatic N) is 1. The van der Waals surface area contributed by atoms with Gasteiger partial charge in [-0.3, -0.25) is 5.43 Å². The molecule has 0 spiro atoms. The number of hydrogen-bond donors (Lipinski definition) is 1. The van der Waals surface area contributed by atoms with Crippen molar-refractivity contribution in [3.05, 3.63) is 93.4 Å². The maximum absolute atomic E-state index is 5.93. The lowest BCUT2D eigenvalue weighted by molar-refractivity contribution is 0.306. The van der Waals surface area contributed by atoms with Gasteiger partial charge in [0.2, 0.25) is 0 Å². The number of ether oxygens (including phenoxy) is 1. The van der Waals surface area contributed by atoms with E-state index in [1.54, 1.807) is 6.21 Å². The molecule has 0 unspecified atom stereocenters. The van der Waals surface area contributed by atoms with Crippen molar-refractivity contribution >= 4 is 39.4 Å². The van der Waals surface area contributed by atoms with Crippen LogP contribution in [0.5, 0.6) is 5.75 Å². The molecule has 0 aromatic heterocycles. The Morgan fingerprint density at radius 3 is 2.48 bits per heavy atom. The minimum Gasteiger partial charge on any atom is -0.489 e. The molecule has 3 aromatic carbocycles. The zero-order valence-electron chi connectivity index (χ0n) is 13.3. The molecule has 126 valence electrons. The normalized spacial score (nSPS) is 10.8. The quantitative estimate of drug-likeness (QED) is 0.388. The average molecular weight is 416 g/mol. The molecule has 5 heteroatoms. The third-order valence-corrected chi connectivity index (χ3v) is 4.19. The summed E-state index contributed by atoms with van der Waals surface area (Å²) in [5.74, 6) is 0.822. The zero-order chi connectivity index (χ0) is 17.5. The molecule has 1 N–H and O–H groups in total.